The van der Waals surface area contributed by atoms with Crippen molar-refractivity contribution in [3.05, 3.63) is 65.9 Å². The molecule has 0 atom stereocenters. The van der Waals surface area contributed by atoms with Crippen molar-refractivity contribution in [3.8, 4) is 0 Å². The average Bonchev–Trinajstić information content (AvgIpc) is 2.80. The molecule has 2 aromatic carbocycles. The van der Waals surface area contributed by atoms with E-state index in [2.05, 4.69) is 10.3 Å². The number of sulfonamides is 1. The molecule has 1 aliphatic heterocycles. The molecule has 0 spiro atoms. The van der Waals surface area contributed by atoms with Gasteiger partial charge in [0.15, 0.2) is 11.6 Å². The van der Waals surface area contributed by atoms with Gasteiger partial charge in [0.05, 0.1) is 5.52 Å². The van der Waals surface area contributed by atoms with Crippen molar-refractivity contribution in [2.45, 2.75) is 18.2 Å². The third kappa shape index (κ3) is 5.18. The number of nitrogens with zero attached hydrogens (tertiary/aromatic N) is 3. The van der Waals surface area contributed by atoms with Gasteiger partial charge in [-0.3, -0.25) is 9.78 Å². The SMILES string of the molecule is Cc1cnc2c(S(=O)(=O)N3CCN(CCC(=O)Nc4ccc(F)c(F)c4)CC3)cccc2c1. The molecule has 1 aromatic heterocycles. The first-order valence-electron chi connectivity index (χ1n) is 10.6. The number of aryl methyl sites for hydroxylation is 1. The molecular weight excluding hydrogens is 450 g/mol. The molecule has 7 nitrogen and oxygen atoms in total. The number of carbonyl (C=O) groups is 1. The molecule has 174 valence electrons. The number of benzene rings is 2. The van der Waals surface area contributed by atoms with Crippen molar-refractivity contribution < 1.29 is 22.0 Å². The zero-order chi connectivity index (χ0) is 23.6. The van der Waals surface area contributed by atoms with Crippen LogP contribution in [0.15, 0.2) is 53.6 Å². The number of aromatic nitrogens is 1. The van der Waals surface area contributed by atoms with Crippen LogP contribution in [0.4, 0.5) is 14.5 Å². The van der Waals surface area contributed by atoms with Crippen molar-refractivity contribution in [1.29, 1.82) is 0 Å². The average molecular weight is 475 g/mol. The van der Waals surface area contributed by atoms with E-state index in [-0.39, 0.29) is 22.9 Å². The number of hydrogen-bond acceptors (Lipinski definition) is 5. The summed E-state index contributed by atoms with van der Waals surface area (Å²) in [5.74, 6) is -2.33. The molecule has 0 unspecified atom stereocenters. The van der Waals surface area contributed by atoms with Crippen LogP contribution in [0.5, 0.6) is 0 Å². The minimum atomic E-state index is -3.71. The number of piperazine rings is 1. The van der Waals surface area contributed by atoms with Gasteiger partial charge in [-0.15, -0.1) is 0 Å². The van der Waals surface area contributed by atoms with Crippen LogP contribution in [-0.2, 0) is 14.8 Å². The molecule has 1 N–H and O–H groups in total. The van der Waals surface area contributed by atoms with Gasteiger partial charge in [0.25, 0.3) is 0 Å². The second-order valence-electron chi connectivity index (χ2n) is 8.01. The molecule has 0 aliphatic carbocycles. The van der Waals surface area contributed by atoms with Crippen molar-refractivity contribution >= 4 is 32.5 Å². The molecule has 1 fully saturated rings. The maximum Gasteiger partial charge on any atom is 0.245 e. The predicted octanol–water partition coefficient (Wildman–Crippen LogP) is 3.16. The van der Waals surface area contributed by atoms with E-state index in [4.69, 9.17) is 0 Å². The summed E-state index contributed by atoms with van der Waals surface area (Å²) in [6.07, 6.45) is 1.81. The molecule has 2 heterocycles. The predicted molar refractivity (Wildman–Crippen MR) is 121 cm³/mol. The zero-order valence-electron chi connectivity index (χ0n) is 18.1. The van der Waals surface area contributed by atoms with E-state index in [0.717, 1.165) is 23.1 Å². The molecule has 1 saturated heterocycles. The lowest BCUT2D eigenvalue weighted by molar-refractivity contribution is -0.116. The Morgan fingerprint density at radius 1 is 1.06 bits per heavy atom. The van der Waals surface area contributed by atoms with Crippen molar-refractivity contribution in [3.63, 3.8) is 0 Å². The van der Waals surface area contributed by atoms with Crippen LogP contribution in [0.1, 0.15) is 12.0 Å². The normalized spacial score (nSPS) is 15.6. The van der Waals surface area contributed by atoms with Gasteiger partial charge < -0.3 is 10.2 Å². The van der Waals surface area contributed by atoms with E-state index in [0.29, 0.717) is 38.2 Å². The minimum absolute atomic E-state index is 0.151. The van der Waals surface area contributed by atoms with Gasteiger partial charge in [0.1, 0.15) is 4.90 Å². The third-order valence-corrected chi connectivity index (χ3v) is 7.55. The number of rotatable bonds is 6. The fraction of sp³-hybridized carbons (Fsp3) is 0.304. The van der Waals surface area contributed by atoms with Crippen LogP contribution in [0, 0.1) is 18.6 Å². The summed E-state index contributed by atoms with van der Waals surface area (Å²) in [4.78, 5) is 18.7. The Morgan fingerprint density at radius 2 is 1.82 bits per heavy atom. The number of carbonyl (C=O) groups excluding carboxylic acids is 1. The lowest BCUT2D eigenvalue weighted by Gasteiger charge is -2.33. The van der Waals surface area contributed by atoms with E-state index in [1.807, 2.05) is 24.0 Å². The van der Waals surface area contributed by atoms with Crippen LogP contribution < -0.4 is 5.32 Å². The Kier molecular flexibility index (Phi) is 6.68. The van der Waals surface area contributed by atoms with Crippen LogP contribution >= 0.6 is 0 Å². The maximum atomic E-state index is 13.3. The van der Waals surface area contributed by atoms with Gasteiger partial charge in [0, 0.05) is 62.5 Å². The number of halogens is 2. The van der Waals surface area contributed by atoms with Crippen LogP contribution in [0.2, 0.25) is 0 Å². The van der Waals surface area contributed by atoms with E-state index in [1.54, 1.807) is 18.3 Å². The van der Waals surface area contributed by atoms with Gasteiger partial charge in [-0.05, 0) is 36.8 Å². The molecule has 0 radical (unpaired) electrons. The van der Waals surface area contributed by atoms with Crippen LogP contribution in [0.25, 0.3) is 10.9 Å². The van der Waals surface area contributed by atoms with Gasteiger partial charge in [-0.25, -0.2) is 17.2 Å². The van der Waals surface area contributed by atoms with E-state index in [9.17, 15) is 22.0 Å². The Morgan fingerprint density at radius 3 is 2.55 bits per heavy atom. The molecule has 0 bridgehead atoms. The Labute approximate surface area is 191 Å². The zero-order valence-corrected chi connectivity index (χ0v) is 18.9. The van der Waals surface area contributed by atoms with Gasteiger partial charge in [0.2, 0.25) is 15.9 Å². The first kappa shape index (κ1) is 23.2. The lowest BCUT2D eigenvalue weighted by atomic mass is 10.2. The summed E-state index contributed by atoms with van der Waals surface area (Å²) in [7, 11) is -3.71. The van der Waals surface area contributed by atoms with Gasteiger partial charge in [-0.1, -0.05) is 12.1 Å². The largest absolute Gasteiger partial charge is 0.326 e. The Bertz CT molecular complexity index is 1290. The summed E-state index contributed by atoms with van der Waals surface area (Å²) in [5, 5.41) is 3.32. The highest BCUT2D eigenvalue weighted by Crippen LogP contribution is 2.25. The summed E-state index contributed by atoms with van der Waals surface area (Å²) >= 11 is 0. The molecule has 33 heavy (non-hydrogen) atoms. The molecule has 3 aromatic rings. The van der Waals surface area contributed by atoms with Crippen LogP contribution in [0.3, 0.4) is 0 Å². The monoisotopic (exact) mass is 474 g/mol. The Balaban J connectivity index is 1.34. The summed E-state index contributed by atoms with van der Waals surface area (Å²) in [5.41, 5.74) is 1.60. The van der Waals surface area contributed by atoms with Gasteiger partial charge in [-0.2, -0.15) is 4.31 Å². The van der Waals surface area contributed by atoms with Crippen molar-refractivity contribution in [1.82, 2.24) is 14.2 Å². The lowest BCUT2D eigenvalue weighted by Crippen LogP contribution is -2.49. The quantitative estimate of drug-likeness (QED) is 0.594. The van der Waals surface area contributed by atoms with Crippen LogP contribution in [-0.4, -0.2) is 61.2 Å². The molecule has 1 aliphatic rings. The van der Waals surface area contributed by atoms with E-state index < -0.39 is 21.7 Å². The smallest absolute Gasteiger partial charge is 0.245 e. The summed E-state index contributed by atoms with van der Waals surface area (Å²) in [6, 6.07) is 10.2. The first-order chi connectivity index (χ1) is 15.7. The molecule has 1 amide bonds. The molecule has 4 rings (SSSR count). The van der Waals surface area contributed by atoms with E-state index >= 15 is 0 Å². The number of pyridine rings is 1. The van der Waals surface area contributed by atoms with Crippen molar-refractivity contribution in [2.75, 3.05) is 38.0 Å². The molecule has 10 heteroatoms. The number of nitrogens with one attached hydrogen (secondary N) is 1. The number of para-hydroxylation sites is 1. The second-order valence-corrected chi connectivity index (χ2v) is 9.92. The highest BCUT2D eigenvalue weighted by Gasteiger charge is 2.30. The first-order valence-corrected chi connectivity index (χ1v) is 12.0. The summed E-state index contributed by atoms with van der Waals surface area (Å²) < 4.78 is 54.2. The molecular formula is C23H24F2N4O3S. The highest BCUT2D eigenvalue weighted by molar-refractivity contribution is 7.89. The fourth-order valence-electron chi connectivity index (χ4n) is 3.84. The molecule has 0 saturated carbocycles. The number of amides is 1. The standard InChI is InChI=1S/C23H24F2N4O3S/c1-16-13-17-3-2-4-21(23(17)26-15-16)33(31,32)29-11-9-28(10-12-29)8-7-22(30)27-18-5-6-19(24)20(25)14-18/h2-6,13-15H,7-12H2,1H3,(H,27,30). The van der Waals surface area contributed by atoms with Crippen molar-refractivity contribution in [2.24, 2.45) is 0 Å². The fourth-order valence-corrected chi connectivity index (χ4v) is 5.43. The van der Waals surface area contributed by atoms with Gasteiger partial charge >= 0.3 is 0 Å². The topological polar surface area (TPSA) is 82.6 Å². The number of fused-ring (bicyclic) bond motifs is 1. The maximum absolute atomic E-state index is 13.3. The van der Waals surface area contributed by atoms with E-state index in [1.165, 1.54) is 10.4 Å². The third-order valence-electron chi connectivity index (χ3n) is 5.62. The Hall–Kier alpha value is -2.95. The highest BCUT2D eigenvalue weighted by atomic mass is 32.2. The minimum Gasteiger partial charge on any atom is -0.326 e. The summed E-state index contributed by atoms with van der Waals surface area (Å²) in [6.45, 7) is 3.90. The number of anilines is 1. The second kappa shape index (κ2) is 9.50. The number of hydrogen-bond donors (Lipinski definition) is 1.